The van der Waals surface area contributed by atoms with Gasteiger partial charge in [-0.25, -0.2) is 4.72 Å². The summed E-state index contributed by atoms with van der Waals surface area (Å²) < 4.78 is 32.5. The molecular formula is C10H22N2O4S. The Hall–Kier alpha value is -0.660. The third-order valence-corrected chi connectivity index (χ3v) is 3.06. The van der Waals surface area contributed by atoms with Crippen LogP contribution in [0.4, 0.5) is 0 Å². The zero-order valence-corrected chi connectivity index (χ0v) is 11.7. The molecule has 0 aliphatic heterocycles. The molecular weight excluding hydrogens is 244 g/mol. The van der Waals surface area contributed by atoms with Gasteiger partial charge in [-0.2, -0.15) is 13.1 Å². The number of carbonyl (C=O) groups is 1. The number of carbonyl (C=O) groups excluding carboxylic acids is 1. The Bertz CT molecular complexity index is 333. The smallest absolute Gasteiger partial charge is 0.305 e. The summed E-state index contributed by atoms with van der Waals surface area (Å²) in [5.41, 5.74) is -0.521. The van der Waals surface area contributed by atoms with Gasteiger partial charge in [0.15, 0.2) is 0 Å². The lowest BCUT2D eigenvalue weighted by Crippen LogP contribution is -2.47. The zero-order chi connectivity index (χ0) is 13.5. The van der Waals surface area contributed by atoms with E-state index in [4.69, 9.17) is 4.74 Å². The van der Waals surface area contributed by atoms with E-state index in [9.17, 15) is 13.2 Å². The second-order valence-electron chi connectivity index (χ2n) is 4.66. The molecule has 6 nitrogen and oxygen atoms in total. The Kier molecular flexibility index (Phi) is 6.66. The summed E-state index contributed by atoms with van der Waals surface area (Å²) >= 11 is 0. The first kappa shape index (κ1) is 16.3. The van der Waals surface area contributed by atoms with Crippen molar-refractivity contribution in [3.05, 3.63) is 0 Å². The van der Waals surface area contributed by atoms with Crippen LogP contribution in [0.1, 0.15) is 40.5 Å². The lowest BCUT2D eigenvalue weighted by molar-refractivity contribution is -0.143. The maximum atomic E-state index is 11.5. The maximum Gasteiger partial charge on any atom is 0.305 e. The highest BCUT2D eigenvalue weighted by atomic mass is 32.2. The number of hydrogen-bond donors (Lipinski definition) is 2. The average molecular weight is 266 g/mol. The Labute approximate surface area is 103 Å². The summed E-state index contributed by atoms with van der Waals surface area (Å²) in [6.07, 6.45) is 0.635. The van der Waals surface area contributed by atoms with E-state index in [1.807, 2.05) is 0 Å². The molecule has 7 heteroatoms. The molecule has 0 aromatic heterocycles. The first-order valence-electron chi connectivity index (χ1n) is 5.60. The lowest BCUT2D eigenvalue weighted by Gasteiger charge is -2.20. The van der Waals surface area contributed by atoms with Gasteiger partial charge in [-0.15, -0.1) is 0 Å². The van der Waals surface area contributed by atoms with Gasteiger partial charge in [0.25, 0.3) is 10.2 Å². The number of hydrogen-bond acceptors (Lipinski definition) is 4. The predicted molar refractivity (Wildman–Crippen MR) is 65.7 cm³/mol. The fourth-order valence-corrected chi connectivity index (χ4v) is 2.40. The monoisotopic (exact) mass is 266 g/mol. The van der Waals surface area contributed by atoms with E-state index < -0.39 is 15.7 Å². The summed E-state index contributed by atoms with van der Waals surface area (Å²) in [6.45, 7) is 7.55. The van der Waals surface area contributed by atoms with Gasteiger partial charge in [0.05, 0.1) is 6.61 Å². The number of esters is 1. The average Bonchev–Trinajstić information content (AvgIpc) is 2.09. The number of ether oxygens (including phenoxy) is 1. The fourth-order valence-electron chi connectivity index (χ4n) is 1.11. The maximum absolute atomic E-state index is 11.5. The van der Waals surface area contributed by atoms with Crippen molar-refractivity contribution >= 4 is 16.2 Å². The van der Waals surface area contributed by atoms with E-state index in [1.54, 1.807) is 27.7 Å². The van der Waals surface area contributed by atoms with Crippen molar-refractivity contribution in [1.82, 2.24) is 9.44 Å². The van der Waals surface area contributed by atoms with Crippen LogP contribution in [0.2, 0.25) is 0 Å². The van der Waals surface area contributed by atoms with Crippen LogP contribution in [0.3, 0.4) is 0 Å². The minimum Gasteiger partial charge on any atom is -0.466 e. The van der Waals surface area contributed by atoms with Gasteiger partial charge in [0.1, 0.15) is 0 Å². The fraction of sp³-hybridized carbons (Fsp3) is 0.900. The van der Waals surface area contributed by atoms with Gasteiger partial charge in [0, 0.05) is 18.5 Å². The van der Waals surface area contributed by atoms with Gasteiger partial charge in [-0.3, -0.25) is 4.79 Å². The Morgan fingerprint density at radius 1 is 1.29 bits per heavy atom. The third-order valence-electron chi connectivity index (χ3n) is 1.60. The minimum atomic E-state index is -3.50. The molecule has 17 heavy (non-hydrogen) atoms. The molecule has 0 unspecified atom stereocenters. The Morgan fingerprint density at radius 3 is 2.35 bits per heavy atom. The van der Waals surface area contributed by atoms with Gasteiger partial charge in [-0.1, -0.05) is 0 Å². The largest absolute Gasteiger partial charge is 0.466 e. The molecule has 0 fully saturated rings. The molecule has 0 radical (unpaired) electrons. The van der Waals surface area contributed by atoms with Crippen LogP contribution in [0, 0.1) is 0 Å². The van der Waals surface area contributed by atoms with Crippen molar-refractivity contribution in [2.75, 3.05) is 13.2 Å². The van der Waals surface area contributed by atoms with Crippen molar-refractivity contribution in [3.8, 4) is 0 Å². The van der Waals surface area contributed by atoms with Crippen molar-refractivity contribution in [3.63, 3.8) is 0 Å². The zero-order valence-electron chi connectivity index (χ0n) is 10.9. The van der Waals surface area contributed by atoms with E-state index in [1.165, 1.54) is 0 Å². The first-order chi connectivity index (χ1) is 7.66. The number of rotatable bonds is 7. The molecule has 0 saturated heterocycles. The Balaban J connectivity index is 3.85. The van der Waals surface area contributed by atoms with Crippen LogP contribution in [0.5, 0.6) is 0 Å². The molecule has 0 heterocycles. The van der Waals surface area contributed by atoms with E-state index in [0.717, 1.165) is 0 Å². The minimum absolute atomic E-state index is 0.213. The molecule has 0 saturated carbocycles. The third kappa shape index (κ3) is 10.2. The second kappa shape index (κ2) is 6.93. The van der Waals surface area contributed by atoms with E-state index >= 15 is 0 Å². The molecule has 0 amide bonds. The summed E-state index contributed by atoms with van der Waals surface area (Å²) in [7, 11) is -3.50. The topological polar surface area (TPSA) is 84.5 Å². The molecule has 102 valence electrons. The van der Waals surface area contributed by atoms with Crippen molar-refractivity contribution in [2.24, 2.45) is 0 Å². The molecule has 2 N–H and O–H groups in total. The van der Waals surface area contributed by atoms with Crippen molar-refractivity contribution in [1.29, 1.82) is 0 Å². The first-order valence-corrected chi connectivity index (χ1v) is 7.09. The number of nitrogens with one attached hydrogen (secondary N) is 2. The van der Waals surface area contributed by atoms with Crippen LogP contribution in [-0.2, 0) is 19.7 Å². The van der Waals surface area contributed by atoms with Crippen molar-refractivity contribution < 1.29 is 17.9 Å². The van der Waals surface area contributed by atoms with E-state index in [0.29, 0.717) is 13.0 Å². The van der Waals surface area contributed by atoms with E-state index in [-0.39, 0.29) is 18.9 Å². The van der Waals surface area contributed by atoms with Gasteiger partial charge >= 0.3 is 5.97 Å². The van der Waals surface area contributed by atoms with Gasteiger partial charge < -0.3 is 4.74 Å². The summed E-state index contributed by atoms with van der Waals surface area (Å²) in [4.78, 5) is 11.0. The molecule has 0 aromatic rings. The summed E-state index contributed by atoms with van der Waals surface area (Å²) in [6, 6.07) is 0. The highest BCUT2D eigenvalue weighted by Crippen LogP contribution is 2.00. The van der Waals surface area contributed by atoms with Crippen molar-refractivity contribution in [2.45, 2.75) is 46.1 Å². The van der Waals surface area contributed by atoms with E-state index in [2.05, 4.69) is 9.44 Å². The normalized spacial score (nSPS) is 12.5. The molecule has 0 bridgehead atoms. The molecule has 0 aliphatic rings. The standard InChI is InChI=1S/C10H22N2O4S/c1-5-16-9(13)7-6-8-11-17(14,15)12-10(2,3)4/h11-12H,5-8H2,1-4H3. The molecule has 0 rings (SSSR count). The highest BCUT2D eigenvalue weighted by molar-refractivity contribution is 7.87. The summed E-state index contributed by atoms with van der Waals surface area (Å²) in [5, 5.41) is 0. The van der Waals surface area contributed by atoms with Gasteiger partial charge in [-0.05, 0) is 34.1 Å². The summed E-state index contributed by atoms with van der Waals surface area (Å²) in [5.74, 6) is -0.310. The van der Waals surface area contributed by atoms with Crippen LogP contribution in [0.25, 0.3) is 0 Å². The van der Waals surface area contributed by atoms with Crippen LogP contribution >= 0.6 is 0 Å². The Morgan fingerprint density at radius 2 is 1.88 bits per heavy atom. The molecule has 0 aromatic carbocycles. The highest BCUT2D eigenvalue weighted by Gasteiger charge is 2.18. The van der Waals surface area contributed by atoms with Crippen LogP contribution < -0.4 is 9.44 Å². The second-order valence-corrected chi connectivity index (χ2v) is 6.16. The molecule has 0 atom stereocenters. The molecule has 0 aliphatic carbocycles. The van der Waals surface area contributed by atoms with Crippen LogP contribution in [0.15, 0.2) is 0 Å². The van der Waals surface area contributed by atoms with Crippen LogP contribution in [-0.4, -0.2) is 33.1 Å². The quantitative estimate of drug-likeness (QED) is 0.520. The predicted octanol–water partition coefficient (Wildman–Crippen LogP) is 0.552. The van der Waals surface area contributed by atoms with Gasteiger partial charge in [0.2, 0.25) is 0 Å². The lowest BCUT2D eigenvalue weighted by atomic mass is 10.1. The molecule has 0 spiro atoms. The SMILES string of the molecule is CCOC(=O)CCCNS(=O)(=O)NC(C)(C)C.